The largest absolute Gasteiger partial charge is 0.465 e. The fraction of sp³-hybridized carbons (Fsp3) is 0.429. The molecule has 0 radical (unpaired) electrons. The summed E-state index contributed by atoms with van der Waals surface area (Å²) >= 11 is 3.56. The first kappa shape index (κ1) is 14.1. The molecule has 19 heavy (non-hydrogen) atoms. The molecule has 1 aromatic carbocycles. The molecular weight excluding hydrogens is 308 g/mol. The zero-order valence-electron chi connectivity index (χ0n) is 11.3. The Morgan fingerprint density at radius 1 is 1.47 bits per heavy atom. The summed E-state index contributed by atoms with van der Waals surface area (Å²) in [4.78, 5) is 11.6. The molecule has 2 aromatic rings. The lowest BCUT2D eigenvalue weighted by molar-refractivity contribution is -0.143. The number of carbonyl (C=O) groups excluding carboxylic acids is 1. The summed E-state index contributed by atoms with van der Waals surface area (Å²) in [7, 11) is 0. The predicted octanol–water partition coefficient (Wildman–Crippen LogP) is 3.49. The van der Waals surface area contributed by atoms with Gasteiger partial charge in [0, 0.05) is 9.86 Å². The third kappa shape index (κ3) is 2.81. The minimum Gasteiger partial charge on any atom is -0.465 e. The van der Waals surface area contributed by atoms with Gasteiger partial charge in [-0.25, -0.2) is 0 Å². The SMILES string of the molecule is CCOC(=O)Cn1nc(C(C)C)c2c(Br)cccc21. The van der Waals surface area contributed by atoms with Crippen LogP contribution in [0.4, 0.5) is 0 Å². The van der Waals surface area contributed by atoms with Crippen molar-refractivity contribution in [2.75, 3.05) is 6.61 Å². The highest BCUT2D eigenvalue weighted by Gasteiger charge is 2.17. The Balaban J connectivity index is 2.50. The topological polar surface area (TPSA) is 44.1 Å². The summed E-state index contributed by atoms with van der Waals surface area (Å²) in [5.41, 5.74) is 1.94. The highest BCUT2D eigenvalue weighted by molar-refractivity contribution is 9.10. The number of benzene rings is 1. The van der Waals surface area contributed by atoms with Crippen molar-refractivity contribution in [3.63, 3.8) is 0 Å². The van der Waals surface area contributed by atoms with E-state index in [-0.39, 0.29) is 12.5 Å². The second kappa shape index (κ2) is 5.74. The standard InChI is InChI=1S/C14H17BrN2O2/c1-4-19-12(18)8-17-11-7-5-6-10(15)13(11)14(16-17)9(2)3/h5-7,9H,4,8H2,1-3H3. The van der Waals surface area contributed by atoms with Gasteiger partial charge in [-0.3, -0.25) is 9.48 Å². The third-order valence-electron chi connectivity index (χ3n) is 2.89. The van der Waals surface area contributed by atoms with E-state index in [4.69, 9.17) is 4.74 Å². The fourth-order valence-corrected chi connectivity index (χ4v) is 2.63. The van der Waals surface area contributed by atoms with Crippen molar-refractivity contribution in [3.8, 4) is 0 Å². The average Bonchev–Trinajstić information content (AvgIpc) is 2.70. The molecular formula is C14H17BrN2O2. The van der Waals surface area contributed by atoms with Crippen LogP contribution < -0.4 is 0 Å². The lowest BCUT2D eigenvalue weighted by Crippen LogP contribution is -2.14. The van der Waals surface area contributed by atoms with Gasteiger partial charge in [0.05, 0.1) is 17.8 Å². The Morgan fingerprint density at radius 2 is 2.21 bits per heavy atom. The van der Waals surface area contributed by atoms with Crippen molar-refractivity contribution in [2.45, 2.75) is 33.2 Å². The van der Waals surface area contributed by atoms with Gasteiger partial charge in [-0.1, -0.05) is 35.8 Å². The molecule has 0 bridgehead atoms. The number of esters is 1. The van der Waals surface area contributed by atoms with Crippen LogP contribution in [0.2, 0.25) is 0 Å². The third-order valence-corrected chi connectivity index (χ3v) is 3.55. The van der Waals surface area contributed by atoms with Gasteiger partial charge in [0.25, 0.3) is 0 Å². The Morgan fingerprint density at radius 3 is 2.84 bits per heavy atom. The second-order valence-electron chi connectivity index (χ2n) is 4.64. The quantitative estimate of drug-likeness (QED) is 0.809. The fourth-order valence-electron chi connectivity index (χ4n) is 2.07. The van der Waals surface area contributed by atoms with E-state index in [1.165, 1.54) is 0 Å². The van der Waals surface area contributed by atoms with Gasteiger partial charge >= 0.3 is 5.97 Å². The Hall–Kier alpha value is -1.36. The summed E-state index contributed by atoms with van der Waals surface area (Å²) in [5.74, 6) is 0.0341. The van der Waals surface area contributed by atoms with Gasteiger partial charge in [0.1, 0.15) is 6.54 Å². The van der Waals surface area contributed by atoms with E-state index >= 15 is 0 Å². The van der Waals surface area contributed by atoms with E-state index in [9.17, 15) is 4.79 Å². The van der Waals surface area contributed by atoms with Crippen LogP contribution in [0.25, 0.3) is 10.9 Å². The Bertz CT molecular complexity index is 605. The van der Waals surface area contributed by atoms with Crippen LogP contribution in [0.1, 0.15) is 32.4 Å². The van der Waals surface area contributed by atoms with Gasteiger partial charge < -0.3 is 4.74 Å². The predicted molar refractivity (Wildman–Crippen MR) is 78.2 cm³/mol. The molecule has 0 N–H and O–H groups in total. The van der Waals surface area contributed by atoms with Gasteiger partial charge in [-0.2, -0.15) is 5.10 Å². The maximum Gasteiger partial charge on any atom is 0.327 e. The summed E-state index contributed by atoms with van der Waals surface area (Å²) in [5, 5.41) is 5.63. The van der Waals surface area contributed by atoms with Gasteiger partial charge in [-0.15, -0.1) is 0 Å². The summed E-state index contributed by atoms with van der Waals surface area (Å²) in [6, 6.07) is 5.91. The van der Waals surface area contributed by atoms with E-state index in [0.29, 0.717) is 12.5 Å². The molecule has 0 fully saturated rings. The number of hydrogen-bond acceptors (Lipinski definition) is 3. The first-order valence-corrected chi connectivity index (χ1v) is 7.14. The molecule has 102 valence electrons. The van der Waals surface area contributed by atoms with Gasteiger partial charge in [0.2, 0.25) is 0 Å². The number of halogens is 1. The highest BCUT2D eigenvalue weighted by Crippen LogP contribution is 2.31. The average molecular weight is 325 g/mol. The molecule has 0 amide bonds. The number of hydrogen-bond donors (Lipinski definition) is 0. The zero-order chi connectivity index (χ0) is 14.0. The van der Waals surface area contributed by atoms with Crippen LogP contribution in [0.5, 0.6) is 0 Å². The zero-order valence-corrected chi connectivity index (χ0v) is 12.9. The van der Waals surface area contributed by atoms with Crippen LogP contribution in [-0.4, -0.2) is 22.4 Å². The molecule has 4 nitrogen and oxygen atoms in total. The van der Waals surface area contributed by atoms with Crippen LogP contribution in [0.15, 0.2) is 22.7 Å². The molecule has 0 saturated carbocycles. The molecule has 0 aliphatic carbocycles. The number of fused-ring (bicyclic) bond motifs is 1. The number of nitrogens with zero attached hydrogens (tertiary/aromatic N) is 2. The molecule has 1 aromatic heterocycles. The molecule has 0 unspecified atom stereocenters. The van der Waals surface area contributed by atoms with Crippen molar-refractivity contribution in [1.82, 2.24) is 9.78 Å². The van der Waals surface area contributed by atoms with Crippen molar-refractivity contribution < 1.29 is 9.53 Å². The van der Waals surface area contributed by atoms with Crippen molar-refractivity contribution >= 4 is 32.8 Å². The van der Waals surface area contributed by atoms with E-state index in [1.807, 2.05) is 18.2 Å². The maximum atomic E-state index is 11.6. The number of rotatable bonds is 4. The summed E-state index contributed by atoms with van der Waals surface area (Å²) in [6.45, 7) is 6.52. The number of ether oxygens (including phenoxy) is 1. The van der Waals surface area contributed by atoms with Crippen molar-refractivity contribution in [3.05, 3.63) is 28.4 Å². The Kier molecular flexibility index (Phi) is 4.24. The lowest BCUT2D eigenvalue weighted by atomic mass is 10.1. The normalized spacial score (nSPS) is 11.2. The molecule has 5 heteroatoms. The minimum absolute atomic E-state index is 0.146. The monoisotopic (exact) mass is 324 g/mol. The second-order valence-corrected chi connectivity index (χ2v) is 5.49. The van der Waals surface area contributed by atoms with E-state index in [1.54, 1.807) is 11.6 Å². The van der Waals surface area contributed by atoms with E-state index in [0.717, 1.165) is 21.1 Å². The molecule has 2 rings (SSSR count). The molecule has 0 aliphatic rings. The highest BCUT2D eigenvalue weighted by atomic mass is 79.9. The van der Waals surface area contributed by atoms with Gasteiger partial charge in [0.15, 0.2) is 0 Å². The number of aromatic nitrogens is 2. The van der Waals surface area contributed by atoms with Crippen molar-refractivity contribution in [2.24, 2.45) is 0 Å². The van der Waals surface area contributed by atoms with E-state index < -0.39 is 0 Å². The van der Waals surface area contributed by atoms with E-state index in [2.05, 4.69) is 34.9 Å². The van der Waals surface area contributed by atoms with Crippen LogP contribution in [0.3, 0.4) is 0 Å². The minimum atomic E-state index is -0.262. The maximum absolute atomic E-state index is 11.6. The van der Waals surface area contributed by atoms with Crippen molar-refractivity contribution in [1.29, 1.82) is 0 Å². The molecule has 0 saturated heterocycles. The first-order chi connectivity index (χ1) is 9.04. The number of carbonyl (C=O) groups is 1. The van der Waals surface area contributed by atoms with Crippen LogP contribution in [-0.2, 0) is 16.1 Å². The molecule has 0 aliphatic heterocycles. The van der Waals surface area contributed by atoms with Crippen LogP contribution in [0, 0.1) is 0 Å². The molecule has 0 atom stereocenters. The molecule has 0 spiro atoms. The lowest BCUT2D eigenvalue weighted by Gasteiger charge is -2.03. The smallest absolute Gasteiger partial charge is 0.327 e. The van der Waals surface area contributed by atoms with Crippen LogP contribution >= 0.6 is 15.9 Å². The first-order valence-electron chi connectivity index (χ1n) is 6.35. The molecule has 1 heterocycles. The summed E-state index contributed by atoms with van der Waals surface area (Å²) in [6.07, 6.45) is 0. The van der Waals surface area contributed by atoms with Gasteiger partial charge in [-0.05, 0) is 25.0 Å². The summed E-state index contributed by atoms with van der Waals surface area (Å²) < 4.78 is 7.70. The Labute approximate surface area is 120 Å².